The summed E-state index contributed by atoms with van der Waals surface area (Å²) < 4.78 is 0. The third-order valence-corrected chi connectivity index (χ3v) is 1.96. The zero-order valence-corrected chi connectivity index (χ0v) is 7.89. The van der Waals surface area contributed by atoms with E-state index >= 15 is 0 Å². The summed E-state index contributed by atoms with van der Waals surface area (Å²) in [4.78, 5) is 21.6. The first-order valence-electron chi connectivity index (χ1n) is 4.15. The first-order chi connectivity index (χ1) is 5.42. The van der Waals surface area contributed by atoms with E-state index in [1.165, 1.54) is 6.92 Å². The Morgan fingerprint density at radius 3 is 2.17 bits per heavy atom. The van der Waals surface area contributed by atoms with Crippen molar-refractivity contribution in [1.29, 1.82) is 0 Å². The van der Waals surface area contributed by atoms with E-state index in [1.54, 1.807) is 6.92 Å². The normalized spacial score (nSPS) is 15.2. The second kappa shape index (κ2) is 4.24. The van der Waals surface area contributed by atoms with Crippen LogP contribution in [0.3, 0.4) is 0 Å². The van der Waals surface area contributed by atoms with Crippen LogP contribution in [0.2, 0.25) is 0 Å². The monoisotopic (exact) mass is 172 g/mol. The largest absolute Gasteiger partial charge is 0.481 e. The van der Waals surface area contributed by atoms with Gasteiger partial charge in [0.25, 0.3) is 0 Å². The van der Waals surface area contributed by atoms with Gasteiger partial charge in [0.1, 0.15) is 5.78 Å². The van der Waals surface area contributed by atoms with Gasteiger partial charge in [0.2, 0.25) is 0 Å². The van der Waals surface area contributed by atoms with Crippen molar-refractivity contribution in [2.75, 3.05) is 0 Å². The molecule has 0 heterocycles. The molecular formula is C9H16O3. The highest BCUT2D eigenvalue weighted by Crippen LogP contribution is 2.27. The van der Waals surface area contributed by atoms with Gasteiger partial charge in [-0.2, -0.15) is 0 Å². The number of hydrogen-bond acceptors (Lipinski definition) is 2. The van der Waals surface area contributed by atoms with Crippen molar-refractivity contribution in [3.05, 3.63) is 0 Å². The second-order valence-electron chi connectivity index (χ2n) is 3.49. The van der Waals surface area contributed by atoms with Crippen molar-refractivity contribution >= 4 is 11.8 Å². The molecule has 0 aromatic heterocycles. The fourth-order valence-electron chi connectivity index (χ4n) is 1.37. The third kappa shape index (κ3) is 3.03. The van der Waals surface area contributed by atoms with Gasteiger partial charge in [-0.3, -0.25) is 9.59 Å². The number of carbonyl (C=O) groups is 2. The Balaban J connectivity index is 4.38. The Morgan fingerprint density at radius 2 is 1.92 bits per heavy atom. The van der Waals surface area contributed by atoms with Crippen molar-refractivity contribution in [3.8, 4) is 0 Å². The molecule has 0 saturated carbocycles. The van der Waals surface area contributed by atoms with E-state index in [-0.39, 0.29) is 12.2 Å². The number of Topliss-reactive ketones (excluding diaryl/α,β-unsaturated/α-hetero) is 1. The van der Waals surface area contributed by atoms with Crippen LogP contribution >= 0.6 is 0 Å². The summed E-state index contributed by atoms with van der Waals surface area (Å²) in [6.07, 6.45) is 1.48. The zero-order chi connectivity index (χ0) is 9.78. The number of rotatable bonds is 5. The van der Waals surface area contributed by atoms with E-state index in [0.29, 0.717) is 6.42 Å². The first kappa shape index (κ1) is 11.1. The van der Waals surface area contributed by atoms with Crippen molar-refractivity contribution in [2.45, 2.75) is 40.0 Å². The molecule has 1 atom stereocenters. The minimum absolute atomic E-state index is 0.0617. The summed E-state index contributed by atoms with van der Waals surface area (Å²) in [7, 11) is 0. The van der Waals surface area contributed by atoms with Gasteiger partial charge in [-0.15, -0.1) is 0 Å². The SMILES string of the molecule is CCCC(C)(CC(C)=O)C(=O)O. The van der Waals surface area contributed by atoms with Gasteiger partial charge < -0.3 is 5.11 Å². The second-order valence-corrected chi connectivity index (χ2v) is 3.49. The van der Waals surface area contributed by atoms with Crippen LogP contribution in [0.1, 0.15) is 40.0 Å². The summed E-state index contributed by atoms with van der Waals surface area (Å²) in [6, 6.07) is 0. The Kier molecular flexibility index (Phi) is 3.93. The van der Waals surface area contributed by atoms with Crippen molar-refractivity contribution < 1.29 is 14.7 Å². The highest BCUT2D eigenvalue weighted by atomic mass is 16.4. The minimum Gasteiger partial charge on any atom is -0.481 e. The molecule has 0 aromatic carbocycles. The summed E-state index contributed by atoms with van der Waals surface area (Å²) >= 11 is 0. The molecule has 1 N–H and O–H groups in total. The van der Waals surface area contributed by atoms with Gasteiger partial charge >= 0.3 is 5.97 Å². The van der Waals surface area contributed by atoms with Crippen LogP contribution in [-0.2, 0) is 9.59 Å². The van der Waals surface area contributed by atoms with Crippen LogP contribution in [0.25, 0.3) is 0 Å². The summed E-state index contributed by atoms with van der Waals surface area (Å²) in [6.45, 7) is 4.97. The number of hydrogen-bond donors (Lipinski definition) is 1. The van der Waals surface area contributed by atoms with Crippen LogP contribution in [0.5, 0.6) is 0 Å². The standard InChI is InChI=1S/C9H16O3/c1-4-5-9(3,8(11)12)6-7(2)10/h4-6H2,1-3H3,(H,11,12). The zero-order valence-electron chi connectivity index (χ0n) is 7.89. The fourth-order valence-corrected chi connectivity index (χ4v) is 1.37. The first-order valence-corrected chi connectivity index (χ1v) is 4.15. The molecule has 0 aliphatic heterocycles. The quantitative estimate of drug-likeness (QED) is 0.688. The van der Waals surface area contributed by atoms with Gasteiger partial charge in [-0.25, -0.2) is 0 Å². The smallest absolute Gasteiger partial charge is 0.309 e. The minimum atomic E-state index is -0.875. The average Bonchev–Trinajstić information content (AvgIpc) is 1.85. The Labute approximate surface area is 72.8 Å². The fraction of sp³-hybridized carbons (Fsp3) is 0.778. The molecule has 70 valence electrons. The van der Waals surface area contributed by atoms with E-state index in [0.717, 1.165) is 6.42 Å². The molecule has 0 spiro atoms. The summed E-state index contributed by atoms with van der Waals surface area (Å²) in [5.41, 5.74) is -0.861. The lowest BCUT2D eigenvalue weighted by molar-refractivity contribution is -0.150. The molecule has 0 aromatic rings. The van der Waals surface area contributed by atoms with Gasteiger partial charge in [0, 0.05) is 6.42 Å². The Morgan fingerprint density at radius 1 is 1.42 bits per heavy atom. The van der Waals surface area contributed by atoms with Gasteiger partial charge in [-0.05, 0) is 20.3 Å². The molecule has 0 radical (unpaired) electrons. The van der Waals surface area contributed by atoms with Gasteiger partial charge in [0.05, 0.1) is 5.41 Å². The maximum Gasteiger partial charge on any atom is 0.309 e. The van der Waals surface area contributed by atoms with Crippen LogP contribution in [-0.4, -0.2) is 16.9 Å². The molecule has 0 rings (SSSR count). The summed E-state index contributed by atoms with van der Waals surface area (Å²) in [5.74, 6) is -0.937. The van der Waals surface area contributed by atoms with Crippen molar-refractivity contribution in [2.24, 2.45) is 5.41 Å². The molecule has 0 bridgehead atoms. The van der Waals surface area contributed by atoms with E-state index in [2.05, 4.69) is 0 Å². The van der Waals surface area contributed by atoms with Gasteiger partial charge in [-0.1, -0.05) is 13.3 Å². The van der Waals surface area contributed by atoms with Gasteiger partial charge in [0.15, 0.2) is 0 Å². The Bertz CT molecular complexity index is 186. The number of aliphatic carboxylic acids is 1. The molecule has 0 aliphatic rings. The summed E-state index contributed by atoms with van der Waals surface area (Å²) in [5, 5.41) is 8.86. The molecule has 3 heteroatoms. The molecule has 0 aliphatic carbocycles. The predicted molar refractivity (Wildman–Crippen MR) is 45.9 cm³/mol. The third-order valence-electron chi connectivity index (χ3n) is 1.96. The topological polar surface area (TPSA) is 54.4 Å². The van der Waals surface area contributed by atoms with E-state index in [4.69, 9.17) is 5.11 Å². The van der Waals surface area contributed by atoms with Crippen molar-refractivity contribution in [1.82, 2.24) is 0 Å². The number of ketones is 1. The van der Waals surface area contributed by atoms with E-state index < -0.39 is 11.4 Å². The number of carboxylic acid groups (broad SMARTS) is 1. The maximum absolute atomic E-state index is 10.8. The molecule has 1 unspecified atom stereocenters. The highest BCUT2D eigenvalue weighted by molar-refractivity contribution is 5.84. The number of carboxylic acids is 1. The van der Waals surface area contributed by atoms with Crippen LogP contribution in [0.15, 0.2) is 0 Å². The lowest BCUT2D eigenvalue weighted by atomic mass is 9.81. The highest BCUT2D eigenvalue weighted by Gasteiger charge is 2.33. The molecule has 0 saturated heterocycles. The predicted octanol–water partition coefficient (Wildman–Crippen LogP) is 1.86. The molecule has 0 amide bonds. The van der Waals surface area contributed by atoms with Crippen LogP contribution < -0.4 is 0 Å². The molecule has 3 nitrogen and oxygen atoms in total. The van der Waals surface area contributed by atoms with Crippen LogP contribution in [0.4, 0.5) is 0 Å². The molecular weight excluding hydrogens is 156 g/mol. The number of carbonyl (C=O) groups excluding carboxylic acids is 1. The van der Waals surface area contributed by atoms with Crippen LogP contribution in [0, 0.1) is 5.41 Å². The lowest BCUT2D eigenvalue weighted by Gasteiger charge is -2.22. The average molecular weight is 172 g/mol. The van der Waals surface area contributed by atoms with Crippen molar-refractivity contribution in [3.63, 3.8) is 0 Å². The lowest BCUT2D eigenvalue weighted by Crippen LogP contribution is -2.29. The molecule has 0 fully saturated rings. The van der Waals surface area contributed by atoms with E-state index in [9.17, 15) is 9.59 Å². The Hall–Kier alpha value is -0.860. The molecule has 12 heavy (non-hydrogen) atoms. The maximum atomic E-state index is 10.8. The van der Waals surface area contributed by atoms with E-state index in [1.807, 2.05) is 6.92 Å².